The summed E-state index contributed by atoms with van der Waals surface area (Å²) in [6.07, 6.45) is 2.94. The van der Waals surface area contributed by atoms with Gasteiger partial charge in [-0.2, -0.15) is 4.31 Å². The van der Waals surface area contributed by atoms with Crippen molar-refractivity contribution < 1.29 is 13.2 Å². The van der Waals surface area contributed by atoms with E-state index in [0.29, 0.717) is 30.8 Å². The number of benzene rings is 1. The number of hydrogen-bond donors (Lipinski definition) is 1. The minimum Gasteiger partial charge on any atom is -0.369 e. The molecule has 1 aliphatic rings. The molecule has 1 fully saturated rings. The van der Waals surface area contributed by atoms with Crippen molar-refractivity contribution in [3.8, 4) is 0 Å². The second kappa shape index (κ2) is 6.15. The molecular weight excluding hydrogens is 296 g/mol. The van der Waals surface area contributed by atoms with E-state index in [1.54, 1.807) is 36.0 Å². The molecule has 0 atom stereocenters. The van der Waals surface area contributed by atoms with Gasteiger partial charge < -0.3 is 5.73 Å². The first-order chi connectivity index (χ1) is 9.45. The Morgan fingerprint density at radius 2 is 1.80 bits per heavy atom. The molecule has 1 heterocycles. The standard InChI is InChI=1S/C13H18N2O3S2/c1-19-11-2-4-12(5-3-11)20(17,18)15-8-6-10(7-9-15)13(14)16/h2-5,10H,6-9H2,1H3,(H2,14,16). The van der Waals surface area contributed by atoms with E-state index in [9.17, 15) is 13.2 Å². The molecule has 0 aliphatic carbocycles. The van der Waals surface area contributed by atoms with Crippen LogP contribution in [0.2, 0.25) is 0 Å². The molecular formula is C13H18N2O3S2. The summed E-state index contributed by atoms with van der Waals surface area (Å²) in [7, 11) is -3.46. The van der Waals surface area contributed by atoms with Crippen molar-refractivity contribution in [3.63, 3.8) is 0 Å². The Balaban J connectivity index is 2.13. The minimum absolute atomic E-state index is 0.208. The number of primary amides is 1. The van der Waals surface area contributed by atoms with E-state index < -0.39 is 10.0 Å². The van der Waals surface area contributed by atoms with Gasteiger partial charge in [0.05, 0.1) is 4.90 Å². The number of carbonyl (C=O) groups is 1. The number of rotatable bonds is 4. The van der Waals surface area contributed by atoms with E-state index in [0.717, 1.165) is 4.90 Å². The van der Waals surface area contributed by atoms with Gasteiger partial charge in [0.2, 0.25) is 15.9 Å². The number of thioether (sulfide) groups is 1. The third-order valence-electron chi connectivity index (χ3n) is 3.55. The summed E-state index contributed by atoms with van der Waals surface area (Å²) >= 11 is 1.57. The van der Waals surface area contributed by atoms with Crippen LogP contribution in [0.15, 0.2) is 34.1 Å². The van der Waals surface area contributed by atoms with E-state index >= 15 is 0 Å². The molecule has 0 radical (unpaired) electrons. The molecule has 1 aliphatic heterocycles. The molecule has 0 unspecified atom stereocenters. The molecule has 0 aromatic heterocycles. The Hall–Kier alpha value is -1.05. The normalized spacial score (nSPS) is 18.1. The minimum atomic E-state index is -3.46. The smallest absolute Gasteiger partial charge is 0.243 e. The van der Waals surface area contributed by atoms with Crippen LogP contribution in [0.3, 0.4) is 0 Å². The van der Waals surface area contributed by atoms with Crippen molar-refractivity contribution in [1.82, 2.24) is 4.31 Å². The summed E-state index contributed by atoms with van der Waals surface area (Å²) in [4.78, 5) is 12.4. The van der Waals surface area contributed by atoms with E-state index in [1.165, 1.54) is 4.31 Å². The van der Waals surface area contributed by atoms with Gasteiger partial charge in [-0.25, -0.2) is 8.42 Å². The molecule has 5 nitrogen and oxygen atoms in total. The Morgan fingerprint density at radius 3 is 2.25 bits per heavy atom. The van der Waals surface area contributed by atoms with Gasteiger partial charge >= 0.3 is 0 Å². The van der Waals surface area contributed by atoms with Gasteiger partial charge in [0.1, 0.15) is 0 Å². The maximum atomic E-state index is 12.5. The van der Waals surface area contributed by atoms with Crippen LogP contribution in [0.4, 0.5) is 0 Å². The maximum absolute atomic E-state index is 12.5. The number of hydrogen-bond acceptors (Lipinski definition) is 4. The lowest BCUT2D eigenvalue weighted by atomic mass is 9.98. The molecule has 2 N–H and O–H groups in total. The third-order valence-corrected chi connectivity index (χ3v) is 6.21. The SMILES string of the molecule is CSc1ccc(S(=O)(=O)N2CCC(C(N)=O)CC2)cc1. The van der Waals surface area contributed by atoms with Crippen LogP contribution in [-0.2, 0) is 14.8 Å². The number of amides is 1. The van der Waals surface area contributed by atoms with Crippen molar-refractivity contribution in [2.24, 2.45) is 11.7 Å². The van der Waals surface area contributed by atoms with Crippen molar-refractivity contribution in [3.05, 3.63) is 24.3 Å². The van der Waals surface area contributed by atoms with E-state index in [2.05, 4.69) is 0 Å². The zero-order chi connectivity index (χ0) is 14.8. The summed E-state index contributed by atoms with van der Waals surface area (Å²) in [5.74, 6) is -0.549. The van der Waals surface area contributed by atoms with Crippen LogP contribution >= 0.6 is 11.8 Å². The monoisotopic (exact) mass is 314 g/mol. The average molecular weight is 314 g/mol. The largest absolute Gasteiger partial charge is 0.369 e. The molecule has 110 valence electrons. The van der Waals surface area contributed by atoms with Crippen LogP contribution in [0, 0.1) is 5.92 Å². The highest BCUT2D eigenvalue weighted by molar-refractivity contribution is 7.98. The summed E-state index contributed by atoms with van der Waals surface area (Å²) in [5.41, 5.74) is 5.26. The molecule has 0 saturated carbocycles. The van der Waals surface area contributed by atoms with Crippen molar-refractivity contribution in [2.45, 2.75) is 22.6 Å². The fourth-order valence-corrected chi connectivity index (χ4v) is 4.16. The van der Waals surface area contributed by atoms with Crippen molar-refractivity contribution in [2.75, 3.05) is 19.3 Å². The lowest BCUT2D eigenvalue weighted by molar-refractivity contribution is -0.122. The Labute approximate surface area is 123 Å². The van der Waals surface area contributed by atoms with Crippen LogP contribution in [0.25, 0.3) is 0 Å². The molecule has 1 saturated heterocycles. The van der Waals surface area contributed by atoms with Gasteiger partial charge in [-0.1, -0.05) is 0 Å². The third kappa shape index (κ3) is 3.16. The van der Waals surface area contributed by atoms with E-state index in [4.69, 9.17) is 5.73 Å². The lowest BCUT2D eigenvalue weighted by Crippen LogP contribution is -2.41. The van der Waals surface area contributed by atoms with Crippen LogP contribution < -0.4 is 5.73 Å². The fourth-order valence-electron chi connectivity index (χ4n) is 2.28. The van der Waals surface area contributed by atoms with Crippen LogP contribution in [0.5, 0.6) is 0 Å². The van der Waals surface area contributed by atoms with Gasteiger partial charge in [-0.3, -0.25) is 4.79 Å². The first kappa shape index (κ1) is 15.3. The number of carbonyl (C=O) groups excluding carboxylic acids is 1. The predicted octanol–water partition coefficient (Wildman–Crippen LogP) is 1.29. The second-order valence-corrected chi connectivity index (χ2v) is 7.57. The Kier molecular flexibility index (Phi) is 4.72. The molecule has 1 aromatic carbocycles. The van der Waals surface area contributed by atoms with Crippen molar-refractivity contribution in [1.29, 1.82) is 0 Å². The summed E-state index contributed by atoms with van der Waals surface area (Å²) < 4.78 is 26.4. The summed E-state index contributed by atoms with van der Waals surface area (Å²) in [6.45, 7) is 0.695. The summed E-state index contributed by atoms with van der Waals surface area (Å²) in [6, 6.07) is 6.85. The topological polar surface area (TPSA) is 80.5 Å². The van der Waals surface area contributed by atoms with Gasteiger partial charge in [-0.05, 0) is 43.4 Å². The Bertz CT molecular complexity index is 576. The van der Waals surface area contributed by atoms with Crippen LogP contribution in [-0.4, -0.2) is 38.0 Å². The number of nitrogens with zero attached hydrogens (tertiary/aromatic N) is 1. The highest BCUT2D eigenvalue weighted by Gasteiger charge is 2.31. The zero-order valence-electron chi connectivity index (χ0n) is 11.3. The molecule has 20 heavy (non-hydrogen) atoms. The summed E-state index contributed by atoms with van der Waals surface area (Å²) in [5, 5.41) is 0. The van der Waals surface area contributed by atoms with Gasteiger partial charge in [0.15, 0.2) is 0 Å². The number of sulfonamides is 1. The first-order valence-corrected chi connectivity index (χ1v) is 9.05. The highest BCUT2D eigenvalue weighted by Crippen LogP contribution is 2.25. The predicted molar refractivity (Wildman–Crippen MR) is 78.9 cm³/mol. The Morgan fingerprint density at radius 1 is 1.25 bits per heavy atom. The molecule has 1 aromatic rings. The lowest BCUT2D eigenvalue weighted by Gasteiger charge is -2.29. The highest BCUT2D eigenvalue weighted by atomic mass is 32.2. The van der Waals surface area contributed by atoms with Gasteiger partial charge in [0.25, 0.3) is 0 Å². The molecule has 7 heteroatoms. The fraction of sp³-hybridized carbons (Fsp3) is 0.462. The number of nitrogens with two attached hydrogens (primary N) is 1. The van der Waals surface area contributed by atoms with E-state index in [-0.39, 0.29) is 11.8 Å². The second-order valence-electron chi connectivity index (χ2n) is 4.76. The van der Waals surface area contributed by atoms with Gasteiger partial charge in [-0.15, -0.1) is 11.8 Å². The quantitative estimate of drug-likeness (QED) is 0.849. The van der Waals surface area contributed by atoms with E-state index in [1.807, 2.05) is 6.26 Å². The molecule has 0 bridgehead atoms. The van der Waals surface area contributed by atoms with Crippen molar-refractivity contribution >= 4 is 27.7 Å². The van der Waals surface area contributed by atoms with Crippen LogP contribution in [0.1, 0.15) is 12.8 Å². The molecule has 2 rings (SSSR count). The maximum Gasteiger partial charge on any atom is 0.243 e. The zero-order valence-corrected chi connectivity index (χ0v) is 12.9. The van der Waals surface area contributed by atoms with Gasteiger partial charge in [0, 0.05) is 23.9 Å². The molecule has 0 spiro atoms. The molecule has 1 amide bonds. The first-order valence-electron chi connectivity index (χ1n) is 6.38. The average Bonchev–Trinajstić information content (AvgIpc) is 2.47. The number of piperidine rings is 1.